The molecule has 0 fully saturated rings. The van der Waals surface area contributed by atoms with Crippen molar-refractivity contribution < 1.29 is 19.3 Å². The maximum Gasteiger partial charge on any atom is 0.265 e. The maximum absolute atomic E-state index is 11.8. The molecule has 2 aromatic carbocycles. The summed E-state index contributed by atoms with van der Waals surface area (Å²) in [5.74, 6) is 0.676. The fourth-order valence-corrected chi connectivity index (χ4v) is 2.18. The van der Waals surface area contributed by atoms with E-state index in [0.717, 1.165) is 0 Å². The molecule has 17 heavy (non-hydrogen) atoms. The lowest BCUT2D eigenvalue weighted by Gasteiger charge is -2.06. The van der Waals surface area contributed by atoms with Crippen molar-refractivity contribution in [3.63, 3.8) is 0 Å². The Morgan fingerprint density at radius 3 is 1.82 bits per heavy atom. The van der Waals surface area contributed by atoms with Gasteiger partial charge in [0.15, 0.2) is 0 Å². The Labute approximate surface area is 99.0 Å². The highest BCUT2D eigenvalue weighted by atomic mass is 31.1. The smallest absolute Gasteiger partial charge is 0.265 e. The first kappa shape index (κ1) is 11.6. The van der Waals surface area contributed by atoms with Gasteiger partial charge in [0.1, 0.15) is 17.2 Å². The van der Waals surface area contributed by atoms with E-state index < -0.39 is 8.03 Å². The normalized spacial score (nSPS) is 12.0. The number of aromatic hydroxyl groups is 2. The Kier molecular flexibility index (Phi) is 3.35. The van der Waals surface area contributed by atoms with Gasteiger partial charge in [0, 0.05) is 5.30 Å². The first-order valence-corrected chi connectivity index (χ1v) is 6.27. The third kappa shape index (κ3) is 3.02. The molecule has 0 aromatic heterocycles. The largest absolute Gasteiger partial charge is 0.508 e. The van der Waals surface area contributed by atoms with Gasteiger partial charge in [-0.25, -0.2) is 0 Å². The lowest BCUT2D eigenvalue weighted by atomic mass is 10.3. The molecule has 5 heteroatoms. The highest BCUT2D eigenvalue weighted by Crippen LogP contribution is 2.27. The van der Waals surface area contributed by atoms with Crippen LogP contribution in [0.15, 0.2) is 48.5 Å². The molecule has 0 aliphatic rings. The van der Waals surface area contributed by atoms with Crippen LogP contribution in [-0.4, -0.2) is 10.2 Å². The maximum atomic E-state index is 11.8. The summed E-state index contributed by atoms with van der Waals surface area (Å²) in [6, 6.07) is 12.0. The molecule has 1 atom stereocenters. The van der Waals surface area contributed by atoms with Crippen LogP contribution in [0, 0.1) is 0 Å². The van der Waals surface area contributed by atoms with Crippen molar-refractivity contribution in [3.8, 4) is 17.2 Å². The predicted molar refractivity (Wildman–Crippen MR) is 65.5 cm³/mol. The van der Waals surface area contributed by atoms with Crippen molar-refractivity contribution in [1.29, 1.82) is 0 Å². The van der Waals surface area contributed by atoms with E-state index in [1.54, 1.807) is 12.1 Å². The third-order valence-electron chi connectivity index (χ3n) is 2.15. The molecule has 0 radical (unpaired) electrons. The molecule has 0 heterocycles. The molecule has 2 N–H and O–H groups in total. The van der Waals surface area contributed by atoms with Crippen LogP contribution in [0.25, 0.3) is 0 Å². The van der Waals surface area contributed by atoms with E-state index in [-0.39, 0.29) is 11.5 Å². The van der Waals surface area contributed by atoms with Crippen molar-refractivity contribution in [2.75, 3.05) is 0 Å². The van der Waals surface area contributed by atoms with Gasteiger partial charge in [-0.05, 0) is 48.5 Å². The fraction of sp³-hybridized carbons (Fsp3) is 0. The minimum Gasteiger partial charge on any atom is -0.508 e. The van der Waals surface area contributed by atoms with Gasteiger partial charge in [-0.2, -0.15) is 0 Å². The number of benzene rings is 2. The van der Waals surface area contributed by atoms with Gasteiger partial charge in [0.05, 0.1) is 0 Å². The summed E-state index contributed by atoms with van der Waals surface area (Å²) in [5.41, 5.74) is 0. The average Bonchev–Trinajstić information content (AvgIpc) is 2.33. The first-order valence-electron chi connectivity index (χ1n) is 4.95. The average molecular weight is 250 g/mol. The van der Waals surface area contributed by atoms with Gasteiger partial charge in [0.25, 0.3) is 8.03 Å². The van der Waals surface area contributed by atoms with Gasteiger partial charge in [0.2, 0.25) is 0 Å². The molecule has 88 valence electrons. The Balaban J connectivity index is 2.11. The third-order valence-corrected chi connectivity index (χ3v) is 3.38. The summed E-state index contributed by atoms with van der Waals surface area (Å²) in [5, 5.41) is 18.7. The molecule has 2 aromatic rings. The highest BCUT2D eigenvalue weighted by molar-refractivity contribution is 7.48. The minimum absolute atomic E-state index is 0.119. The summed E-state index contributed by atoms with van der Waals surface area (Å²) in [4.78, 5) is 0. The monoisotopic (exact) mass is 250 g/mol. The standard InChI is InChI=1S/C12H11O4P/c13-9-1-5-11(6-2-9)16-17(15)12-7-3-10(14)4-8-12/h1-8,13-14,17H. The fourth-order valence-electron chi connectivity index (χ4n) is 1.28. The second kappa shape index (κ2) is 4.93. The lowest BCUT2D eigenvalue weighted by molar-refractivity contribution is 0.472. The molecule has 4 nitrogen and oxygen atoms in total. The zero-order valence-corrected chi connectivity index (χ0v) is 9.83. The summed E-state index contributed by atoms with van der Waals surface area (Å²) >= 11 is 0. The molecule has 2 rings (SSSR count). The first-order chi connectivity index (χ1) is 8.15. The highest BCUT2D eigenvalue weighted by Gasteiger charge is 2.05. The van der Waals surface area contributed by atoms with Crippen LogP contribution in [-0.2, 0) is 4.57 Å². The number of phenolic OH excluding ortho intramolecular Hbond substituents is 2. The molecule has 0 saturated heterocycles. The van der Waals surface area contributed by atoms with Gasteiger partial charge in [-0.1, -0.05) is 0 Å². The predicted octanol–water partition coefficient (Wildman–Crippen LogP) is 2.28. The number of hydrogen-bond acceptors (Lipinski definition) is 4. The molecular weight excluding hydrogens is 239 g/mol. The molecule has 0 aliphatic heterocycles. The van der Waals surface area contributed by atoms with E-state index in [1.165, 1.54) is 36.4 Å². The van der Waals surface area contributed by atoms with Crippen LogP contribution in [0.4, 0.5) is 0 Å². The minimum atomic E-state index is -2.39. The van der Waals surface area contributed by atoms with Gasteiger partial charge < -0.3 is 14.7 Å². The van der Waals surface area contributed by atoms with Crippen molar-refractivity contribution in [1.82, 2.24) is 0 Å². The van der Waals surface area contributed by atoms with Gasteiger partial charge in [-0.3, -0.25) is 4.57 Å². The summed E-state index contributed by atoms with van der Waals surface area (Å²) < 4.78 is 17.1. The Morgan fingerprint density at radius 1 is 0.824 bits per heavy atom. The second-order valence-corrected chi connectivity index (χ2v) is 4.79. The number of hydrogen-bond donors (Lipinski definition) is 2. The zero-order chi connectivity index (χ0) is 12.3. The van der Waals surface area contributed by atoms with Crippen LogP contribution >= 0.6 is 8.03 Å². The number of rotatable bonds is 3. The summed E-state index contributed by atoms with van der Waals surface area (Å²) in [6.45, 7) is 0. The SMILES string of the molecule is O=[PH](Oc1ccc(O)cc1)c1ccc(O)cc1. The van der Waals surface area contributed by atoms with Gasteiger partial charge >= 0.3 is 0 Å². The van der Waals surface area contributed by atoms with E-state index in [0.29, 0.717) is 11.1 Å². The summed E-state index contributed by atoms with van der Waals surface area (Å²) in [7, 11) is -2.39. The molecular formula is C12H11O4P. The zero-order valence-electron chi connectivity index (χ0n) is 8.83. The molecule has 0 saturated carbocycles. The van der Waals surface area contributed by atoms with Gasteiger partial charge in [-0.15, -0.1) is 0 Å². The van der Waals surface area contributed by atoms with Crippen LogP contribution in [0.1, 0.15) is 0 Å². The molecule has 0 spiro atoms. The van der Waals surface area contributed by atoms with Crippen molar-refractivity contribution in [2.24, 2.45) is 0 Å². The number of phenols is 2. The van der Waals surface area contributed by atoms with Crippen LogP contribution < -0.4 is 9.83 Å². The van der Waals surface area contributed by atoms with Crippen LogP contribution in [0.2, 0.25) is 0 Å². The molecule has 0 bridgehead atoms. The van der Waals surface area contributed by atoms with Crippen LogP contribution in [0.5, 0.6) is 17.2 Å². The second-order valence-electron chi connectivity index (χ2n) is 3.43. The van der Waals surface area contributed by atoms with E-state index in [9.17, 15) is 4.57 Å². The van der Waals surface area contributed by atoms with Crippen molar-refractivity contribution in [3.05, 3.63) is 48.5 Å². The quantitative estimate of drug-likeness (QED) is 0.820. The lowest BCUT2D eigenvalue weighted by Crippen LogP contribution is -1.98. The Morgan fingerprint density at radius 2 is 1.29 bits per heavy atom. The van der Waals surface area contributed by atoms with E-state index in [1.807, 2.05) is 0 Å². The van der Waals surface area contributed by atoms with E-state index >= 15 is 0 Å². The van der Waals surface area contributed by atoms with Crippen molar-refractivity contribution >= 4 is 13.3 Å². The van der Waals surface area contributed by atoms with E-state index in [2.05, 4.69) is 0 Å². The van der Waals surface area contributed by atoms with Crippen LogP contribution in [0.3, 0.4) is 0 Å². The molecule has 1 unspecified atom stereocenters. The summed E-state index contributed by atoms with van der Waals surface area (Å²) in [6.07, 6.45) is 0. The molecule has 0 amide bonds. The Bertz CT molecular complexity index is 519. The topological polar surface area (TPSA) is 66.8 Å². The molecule has 0 aliphatic carbocycles. The van der Waals surface area contributed by atoms with E-state index in [4.69, 9.17) is 14.7 Å². The Hall–Kier alpha value is -1.93. The van der Waals surface area contributed by atoms with Crippen molar-refractivity contribution in [2.45, 2.75) is 0 Å².